The van der Waals surface area contributed by atoms with Gasteiger partial charge in [0, 0.05) is 32.1 Å². The fourth-order valence-electron chi connectivity index (χ4n) is 2.47. The van der Waals surface area contributed by atoms with Gasteiger partial charge in [-0.05, 0) is 18.9 Å². The molecule has 1 fully saturated rings. The van der Waals surface area contributed by atoms with Crippen LogP contribution in [0, 0.1) is 5.92 Å². The van der Waals surface area contributed by atoms with E-state index in [4.69, 9.17) is 9.47 Å². The van der Waals surface area contributed by atoms with E-state index in [1.807, 2.05) is 6.07 Å². The number of aromatic nitrogens is 2. The highest BCUT2D eigenvalue weighted by atomic mass is 16.5. The molecule has 1 aromatic heterocycles. The van der Waals surface area contributed by atoms with Gasteiger partial charge in [0.05, 0.1) is 20.3 Å². The Morgan fingerprint density at radius 3 is 2.77 bits per heavy atom. The fourth-order valence-corrected chi connectivity index (χ4v) is 2.47. The van der Waals surface area contributed by atoms with E-state index in [1.165, 1.54) is 0 Å². The largest absolute Gasteiger partial charge is 0.481 e. The number of morpholine rings is 1. The normalized spacial score (nSPS) is 16.0. The first kappa shape index (κ1) is 17.0. The van der Waals surface area contributed by atoms with Crippen molar-refractivity contribution in [2.24, 2.45) is 5.92 Å². The zero-order valence-electron chi connectivity index (χ0n) is 14.0. The Hall–Kier alpha value is -1.40. The molecule has 124 valence electrons. The van der Waals surface area contributed by atoms with Crippen LogP contribution in [0.4, 0.5) is 5.82 Å². The van der Waals surface area contributed by atoms with Gasteiger partial charge in [0.1, 0.15) is 11.6 Å². The summed E-state index contributed by atoms with van der Waals surface area (Å²) in [7, 11) is 1.64. The Kier molecular flexibility index (Phi) is 6.86. The number of hydrogen-bond donors (Lipinski definition) is 1. The van der Waals surface area contributed by atoms with Gasteiger partial charge >= 0.3 is 0 Å². The second kappa shape index (κ2) is 8.90. The van der Waals surface area contributed by atoms with Gasteiger partial charge in [-0.2, -0.15) is 4.98 Å². The third-order valence-electron chi connectivity index (χ3n) is 3.61. The predicted octanol–water partition coefficient (Wildman–Crippen LogP) is 1.82. The summed E-state index contributed by atoms with van der Waals surface area (Å²) in [5.41, 5.74) is 0. The quantitative estimate of drug-likeness (QED) is 0.739. The van der Waals surface area contributed by atoms with Gasteiger partial charge in [-0.25, -0.2) is 4.98 Å². The van der Waals surface area contributed by atoms with Gasteiger partial charge in [0.2, 0.25) is 5.88 Å². The Morgan fingerprint density at radius 1 is 1.32 bits per heavy atom. The second-order valence-electron chi connectivity index (χ2n) is 6.04. The van der Waals surface area contributed by atoms with Crippen molar-refractivity contribution in [2.75, 3.05) is 51.8 Å². The third-order valence-corrected chi connectivity index (χ3v) is 3.61. The molecular weight excluding hydrogens is 280 g/mol. The topological polar surface area (TPSA) is 59.5 Å². The van der Waals surface area contributed by atoms with E-state index in [0.29, 0.717) is 11.8 Å². The minimum atomic E-state index is 0.529. The van der Waals surface area contributed by atoms with Crippen LogP contribution in [0.5, 0.6) is 5.88 Å². The number of nitrogens with zero attached hydrogens (tertiary/aromatic N) is 3. The lowest BCUT2D eigenvalue weighted by atomic mass is 10.1. The van der Waals surface area contributed by atoms with Gasteiger partial charge in [-0.1, -0.05) is 13.8 Å². The van der Waals surface area contributed by atoms with E-state index in [0.717, 1.165) is 63.9 Å². The van der Waals surface area contributed by atoms with Crippen molar-refractivity contribution in [3.8, 4) is 5.88 Å². The van der Waals surface area contributed by atoms with Crippen LogP contribution in [0.15, 0.2) is 6.07 Å². The molecule has 0 amide bonds. The van der Waals surface area contributed by atoms with Crippen molar-refractivity contribution in [3.63, 3.8) is 0 Å². The first-order valence-corrected chi connectivity index (χ1v) is 8.13. The van der Waals surface area contributed by atoms with Crippen molar-refractivity contribution in [3.05, 3.63) is 11.9 Å². The van der Waals surface area contributed by atoms with Crippen LogP contribution >= 0.6 is 0 Å². The highest BCUT2D eigenvalue weighted by Gasteiger charge is 2.10. The lowest BCUT2D eigenvalue weighted by Crippen LogP contribution is -2.37. The molecule has 0 atom stereocenters. The first-order chi connectivity index (χ1) is 10.7. The number of nitrogens with one attached hydrogen (secondary N) is 1. The van der Waals surface area contributed by atoms with E-state index >= 15 is 0 Å². The summed E-state index contributed by atoms with van der Waals surface area (Å²) in [5, 5.41) is 3.38. The Balaban J connectivity index is 1.80. The highest BCUT2D eigenvalue weighted by Crippen LogP contribution is 2.15. The van der Waals surface area contributed by atoms with Crippen LogP contribution in [0.2, 0.25) is 0 Å². The molecule has 2 rings (SSSR count). The molecule has 0 aromatic carbocycles. The molecule has 2 heterocycles. The third kappa shape index (κ3) is 5.77. The smallest absolute Gasteiger partial charge is 0.218 e. The number of ether oxygens (including phenoxy) is 2. The maximum atomic E-state index is 5.36. The maximum absolute atomic E-state index is 5.36. The molecule has 1 aromatic rings. The Bertz CT molecular complexity index is 448. The summed E-state index contributed by atoms with van der Waals surface area (Å²) in [5.74, 6) is 2.84. The van der Waals surface area contributed by atoms with Gasteiger partial charge in [0.15, 0.2) is 0 Å². The Labute approximate surface area is 133 Å². The maximum Gasteiger partial charge on any atom is 0.218 e. The summed E-state index contributed by atoms with van der Waals surface area (Å²) in [6, 6.07) is 1.86. The standard InChI is InChI=1S/C16H28N4O2/c1-13(2)11-15-18-14(12-16(19-15)21-3)17-5-4-6-20-7-9-22-10-8-20/h12-13H,4-11H2,1-3H3,(H,17,18,19). The first-order valence-electron chi connectivity index (χ1n) is 8.13. The van der Waals surface area contributed by atoms with Crippen LogP contribution in [0.1, 0.15) is 26.1 Å². The van der Waals surface area contributed by atoms with E-state index in [-0.39, 0.29) is 0 Å². The zero-order chi connectivity index (χ0) is 15.8. The predicted molar refractivity (Wildman–Crippen MR) is 87.5 cm³/mol. The van der Waals surface area contributed by atoms with Crippen molar-refractivity contribution >= 4 is 5.82 Å². The molecule has 0 spiro atoms. The summed E-state index contributed by atoms with van der Waals surface area (Å²) < 4.78 is 10.6. The molecular formula is C16H28N4O2. The monoisotopic (exact) mass is 308 g/mol. The molecule has 1 saturated heterocycles. The number of methoxy groups -OCH3 is 1. The van der Waals surface area contributed by atoms with Gasteiger partial charge < -0.3 is 14.8 Å². The van der Waals surface area contributed by atoms with Crippen molar-refractivity contribution in [1.82, 2.24) is 14.9 Å². The minimum Gasteiger partial charge on any atom is -0.481 e. The van der Waals surface area contributed by atoms with E-state index in [2.05, 4.69) is 34.0 Å². The lowest BCUT2D eigenvalue weighted by molar-refractivity contribution is 0.0378. The molecule has 0 aliphatic carbocycles. The molecule has 0 radical (unpaired) electrons. The average Bonchev–Trinajstić information content (AvgIpc) is 2.51. The van der Waals surface area contributed by atoms with Crippen molar-refractivity contribution in [1.29, 1.82) is 0 Å². The van der Waals surface area contributed by atoms with E-state index in [1.54, 1.807) is 7.11 Å². The minimum absolute atomic E-state index is 0.529. The van der Waals surface area contributed by atoms with Crippen molar-refractivity contribution in [2.45, 2.75) is 26.7 Å². The zero-order valence-corrected chi connectivity index (χ0v) is 14.0. The van der Waals surface area contributed by atoms with E-state index < -0.39 is 0 Å². The van der Waals surface area contributed by atoms with Gasteiger partial charge in [-0.3, -0.25) is 4.90 Å². The molecule has 0 bridgehead atoms. The molecule has 1 aliphatic heterocycles. The van der Waals surface area contributed by atoms with Crippen LogP contribution in [-0.2, 0) is 11.2 Å². The molecule has 1 aliphatic rings. The molecule has 6 heteroatoms. The summed E-state index contributed by atoms with van der Waals surface area (Å²) in [6.45, 7) is 10.1. The van der Waals surface area contributed by atoms with Crippen LogP contribution in [0.25, 0.3) is 0 Å². The Morgan fingerprint density at radius 2 is 2.09 bits per heavy atom. The number of anilines is 1. The average molecular weight is 308 g/mol. The molecule has 0 saturated carbocycles. The second-order valence-corrected chi connectivity index (χ2v) is 6.04. The lowest BCUT2D eigenvalue weighted by Gasteiger charge is -2.26. The van der Waals surface area contributed by atoms with Gasteiger partial charge in [0.25, 0.3) is 0 Å². The molecule has 6 nitrogen and oxygen atoms in total. The van der Waals surface area contributed by atoms with E-state index in [9.17, 15) is 0 Å². The van der Waals surface area contributed by atoms with Gasteiger partial charge in [-0.15, -0.1) is 0 Å². The summed E-state index contributed by atoms with van der Waals surface area (Å²) in [6.07, 6.45) is 1.95. The fraction of sp³-hybridized carbons (Fsp3) is 0.750. The molecule has 22 heavy (non-hydrogen) atoms. The van der Waals surface area contributed by atoms with Crippen LogP contribution < -0.4 is 10.1 Å². The number of rotatable bonds is 8. The highest BCUT2D eigenvalue weighted by molar-refractivity contribution is 5.38. The summed E-state index contributed by atoms with van der Waals surface area (Å²) >= 11 is 0. The number of hydrogen-bond acceptors (Lipinski definition) is 6. The SMILES string of the molecule is COc1cc(NCCCN2CCOCC2)nc(CC(C)C)n1. The van der Waals surface area contributed by atoms with Crippen LogP contribution in [0.3, 0.4) is 0 Å². The molecule has 0 unspecified atom stereocenters. The van der Waals surface area contributed by atoms with Crippen LogP contribution in [-0.4, -0.2) is 61.4 Å². The molecule has 1 N–H and O–H groups in total. The van der Waals surface area contributed by atoms with Crippen molar-refractivity contribution < 1.29 is 9.47 Å². The summed E-state index contributed by atoms with van der Waals surface area (Å²) in [4.78, 5) is 11.4.